The minimum atomic E-state index is -0.269. The average molecular weight is 555 g/mol. The predicted octanol–water partition coefficient (Wildman–Crippen LogP) is 6.88. The summed E-state index contributed by atoms with van der Waals surface area (Å²) in [4.78, 5) is 33.5. The number of allylic oxidation sites excluding steroid dienone is 1. The van der Waals surface area contributed by atoms with Crippen LogP contribution in [0, 0.1) is 0 Å². The third-order valence-corrected chi connectivity index (χ3v) is 7.98. The standard InChI is InChI=1S/C32H34N4O3S/c1-3-4-20-39-27-17-13-24(14-18-27)30(37)34-26-15-11-23(12-16-26)29-28(31(38)35-25-9-6-5-7-10-25)22(2)33-32-36(29)19-8-21-40-32/h5-7,9-18,29H,3-4,8,19-21H2,1-2H3,(H,34,37)(H,35,38). The van der Waals surface area contributed by atoms with Gasteiger partial charge in [-0.15, -0.1) is 0 Å². The van der Waals surface area contributed by atoms with Crippen LogP contribution < -0.4 is 15.4 Å². The number of para-hydroxylation sites is 1. The number of fused-ring (bicyclic) bond motifs is 1. The Morgan fingerprint density at radius 1 is 0.950 bits per heavy atom. The van der Waals surface area contributed by atoms with Gasteiger partial charge in [-0.25, -0.2) is 4.99 Å². The number of nitrogens with zero attached hydrogens (tertiary/aromatic N) is 2. The van der Waals surface area contributed by atoms with Crippen LogP contribution in [0.4, 0.5) is 11.4 Å². The number of hydrogen-bond acceptors (Lipinski definition) is 6. The van der Waals surface area contributed by atoms with E-state index >= 15 is 0 Å². The van der Waals surface area contributed by atoms with Crippen molar-refractivity contribution in [3.63, 3.8) is 0 Å². The van der Waals surface area contributed by atoms with Crippen molar-refractivity contribution in [3.8, 4) is 5.75 Å². The Kier molecular flexibility index (Phi) is 8.86. The van der Waals surface area contributed by atoms with E-state index in [2.05, 4.69) is 22.5 Å². The second kappa shape index (κ2) is 12.9. The zero-order valence-corrected chi connectivity index (χ0v) is 23.7. The summed E-state index contributed by atoms with van der Waals surface area (Å²) in [5, 5.41) is 6.97. The highest BCUT2D eigenvalue weighted by molar-refractivity contribution is 8.13. The molecular formula is C32H34N4O3S. The fourth-order valence-corrected chi connectivity index (χ4v) is 5.83. The molecule has 0 saturated carbocycles. The minimum Gasteiger partial charge on any atom is -0.494 e. The molecule has 1 fully saturated rings. The quantitative estimate of drug-likeness (QED) is 0.282. The van der Waals surface area contributed by atoms with Crippen LogP contribution in [0.1, 0.15) is 55.1 Å². The van der Waals surface area contributed by atoms with Crippen LogP contribution in [-0.4, -0.2) is 40.8 Å². The number of unbranched alkanes of at least 4 members (excludes halogenated alkanes) is 1. The number of anilines is 2. The van der Waals surface area contributed by atoms with Crippen molar-refractivity contribution in [1.82, 2.24) is 4.90 Å². The van der Waals surface area contributed by atoms with Crippen LogP contribution in [0.3, 0.4) is 0 Å². The molecule has 2 amide bonds. The molecule has 206 valence electrons. The topological polar surface area (TPSA) is 83.0 Å². The zero-order valence-electron chi connectivity index (χ0n) is 22.9. The number of amidine groups is 1. The number of carbonyl (C=O) groups is 2. The smallest absolute Gasteiger partial charge is 0.255 e. The Labute approximate surface area is 239 Å². The van der Waals surface area contributed by atoms with E-state index in [4.69, 9.17) is 9.73 Å². The number of aliphatic imine (C=N–C) groups is 1. The molecule has 0 bridgehead atoms. The number of rotatable bonds is 9. The van der Waals surface area contributed by atoms with Gasteiger partial charge in [0.15, 0.2) is 5.17 Å². The van der Waals surface area contributed by atoms with Crippen molar-refractivity contribution in [1.29, 1.82) is 0 Å². The van der Waals surface area contributed by atoms with Gasteiger partial charge >= 0.3 is 0 Å². The third-order valence-electron chi connectivity index (χ3n) is 6.90. The molecule has 8 heteroatoms. The SMILES string of the molecule is CCCCOc1ccc(C(=O)Nc2ccc(C3C(C(=O)Nc4ccccc4)=C(C)N=C4SCCCN43)cc2)cc1. The first-order valence-corrected chi connectivity index (χ1v) is 14.7. The number of hydrogen-bond donors (Lipinski definition) is 2. The molecule has 2 aliphatic rings. The fraction of sp³-hybridized carbons (Fsp3) is 0.281. The summed E-state index contributed by atoms with van der Waals surface area (Å²) in [5.41, 5.74) is 4.31. The van der Waals surface area contributed by atoms with Crippen LogP contribution in [0.15, 0.2) is 95.1 Å². The summed E-state index contributed by atoms with van der Waals surface area (Å²) in [6.45, 7) is 5.52. The summed E-state index contributed by atoms with van der Waals surface area (Å²) in [5.74, 6) is 1.42. The average Bonchev–Trinajstić information content (AvgIpc) is 2.98. The number of benzene rings is 3. The Morgan fingerprint density at radius 2 is 1.65 bits per heavy atom. The van der Waals surface area contributed by atoms with Gasteiger partial charge in [-0.05, 0) is 73.9 Å². The molecule has 1 atom stereocenters. The Balaban J connectivity index is 1.34. The number of nitrogens with one attached hydrogen (secondary N) is 2. The highest BCUT2D eigenvalue weighted by Crippen LogP contribution is 2.40. The Bertz CT molecular complexity index is 1400. The van der Waals surface area contributed by atoms with Gasteiger partial charge in [0.2, 0.25) is 0 Å². The van der Waals surface area contributed by atoms with E-state index in [0.29, 0.717) is 23.4 Å². The molecule has 3 aromatic carbocycles. The van der Waals surface area contributed by atoms with Crippen molar-refractivity contribution < 1.29 is 14.3 Å². The first-order valence-electron chi connectivity index (χ1n) is 13.7. The lowest BCUT2D eigenvalue weighted by Gasteiger charge is -2.40. The fourth-order valence-electron chi connectivity index (χ4n) is 4.81. The Hall–Kier alpha value is -4.04. The summed E-state index contributed by atoms with van der Waals surface area (Å²) in [7, 11) is 0. The third kappa shape index (κ3) is 6.39. The molecule has 3 aromatic rings. The van der Waals surface area contributed by atoms with Gasteiger partial charge in [-0.2, -0.15) is 0 Å². The van der Waals surface area contributed by atoms with E-state index in [1.54, 1.807) is 23.9 Å². The summed E-state index contributed by atoms with van der Waals surface area (Å²) in [6.07, 6.45) is 3.09. The molecule has 1 saturated heterocycles. The lowest BCUT2D eigenvalue weighted by atomic mass is 9.93. The van der Waals surface area contributed by atoms with Crippen LogP contribution in [-0.2, 0) is 4.79 Å². The number of thioether (sulfide) groups is 1. The maximum atomic E-state index is 13.6. The molecule has 7 nitrogen and oxygen atoms in total. The molecular weight excluding hydrogens is 520 g/mol. The maximum absolute atomic E-state index is 13.6. The van der Waals surface area contributed by atoms with E-state index < -0.39 is 0 Å². The van der Waals surface area contributed by atoms with Gasteiger partial charge in [0.1, 0.15) is 5.75 Å². The lowest BCUT2D eigenvalue weighted by Crippen LogP contribution is -2.43. The van der Waals surface area contributed by atoms with Gasteiger partial charge in [0.25, 0.3) is 11.8 Å². The maximum Gasteiger partial charge on any atom is 0.255 e. The zero-order chi connectivity index (χ0) is 27.9. The van der Waals surface area contributed by atoms with E-state index in [1.807, 2.05) is 73.7 Å². The molecule has 0 aromatic heterocycles. The van der Waals surface area contributed by atoms with Crippen LogP contribution >= 0.6 is 11.8 Å². The molecule has 2 aliphatic heterocycles. The van der Waals surface area contributed by atoms with E-state index in [9.17, 15) is 9.59 Å². The van der Waals surface area contributed by atoms with Gasteiger partial charge < -0.3 is 20.3 Å². The molecule has 5 rings (SSSR count). The van der Waals surface area contributed by atoms with Gasteiger partial charge in [-0.3, -0.25) is 9.59 Å². The van der Waals surface area contributed by atoms with Crippen molar-refractivity contribution in [3.05, 3.63) is 101 Å². The second-order valence-electron chi connectivity index (χ2n) is 9.81. The van der Waals surface area contributed by atoms with E-state index in [0.717, 1.165) is 59.4 Å². The highest BCUT2D eigenvalue weighted by atomic mass is 32.2. The molecule has 0 aliphatic carbocycles. The first kappa shape index (κ1) is 27.5. The lowest BCUT2D eigenvalue weighted by molar-refractivity contribution is -0.113. The molecule has 1 unspecified atom stereocenters. The van der Waals surface area contributed by atoms with Crippen molar-refractivity contribution in [2.45, 2.75) is 39.2 Å². The predicted molar refractivity (Wildman–Crippen MR) is 163 cm³/mol. The van der Waals surface area contributed by atoms with E-state index in [-0.39, 0.29) is 17.9 Å². The Morgan fingerprint density at radius 3 is 2.38 bits per heavy atom. The van der Waals surface area contributed by atoms with Gasteiger partial charge in [0.05, 0.1) is 23.9 Å². The van der Waals surface area contributed by atoms with Crippen LogP contribution in [0.2, 0.25) is 0 Å². The molecule has 0 spiro atoms. The van der Waals surface area contributed by atoms with Gasteiger partial charge in [0, 0.05) is 29.2 Å². The van der Waals surface area contributed by atoms with Gasteiger partial charge in [-0.1, -0.05) is 55.4 Å². The molecule has 2 N–H and O–H groups in total. The first-order chi connectivity index (χ1) is 19.5. The normalized spacial score (nSPS) is 16.6. The van der Waals surface area contributed by atoms with Crippen molar-refractivity contribution >= 4 is 40.1 Å². The number of amides is 2. The van der Waals surface area contributed by atoms with Crippen molar-refractivity contribution in [2.24, 2.45) is 4.99 Å². The summed E-state index contributed by atoms with van der Waals surface area (Å²) < 4.78 is 5.70. The monoisotopic (exact) mass is 554 g/mol. The largest absolute Gasteiger partial charge is 0.494 e. The molecule has 40 heavy (non-hydrogen) atoms. The molecule has 2 heterocycles. The number of carbonyl (C=O) groups excluding carboxylic acids is 2. The van der Waals surface area contributed by atoms with Crippen LogP contribution in [0.5, 0.6) is 5.75 Å². The second-order valence-corrected chi connectivity index (χ2v) is 10.9. The van der Waals surface area contributed by atoms with E-state index in [1.165, 1.54) is 0 Å². The number of ether oxygens (including phenoxy) is 1. The molecule has 0 radical (unpaired) electrons. The van der Waals surface area contributed by atoms with Crippen molar-refractivity contribution in [2.75, 3.05) is 29.5 Å². The van der Waals surface area contributed by atoms with Crippen LogP contribution in [0.25, 0.3) is 0 Å². The summed E-state index contributed by atoms with van der Waals surface area (Å²) >= 11 is 1.73. The summed E-state index contributed by atoms with van der Waals surface area (Å²) in [6, 6.07) is 24.1. The minimum absolute atomic E-state index is 0.161. The highest BCUT2D eigenvalue weighted by Gasteiger charge is 2.37.